The minimum atomic E-state index is -0.221. The van der Waals surface area contributed by atoms with Crippen LogP contribution >= 0.6 is 11.8 Å². The first-order chi connectivity index (χ1) is 11.5. The Hall–Kier alpha value is -1.86. The Morgan fingerprint density at radius 1 is 1.42 bits per heavy atom. The highest BCUT2D eigenvalue weighted by atomic mass is 32.2. The first-order valence-corrected chi connectivity index (χ1v) is 9.16. The minimum absolute atomic E-state index is 0.0645. The van der Waals surface area contributed by atoms with E-state index in [9.17, 15) is 14.7 Å². The maximum atomic E-state index is 12.0. The SMILES string of the molecule is CC[C@@H](C)[C@H](CO)NC(=O)CSCc1nc2ccccc2c(=O)[nH]1. The summed E-state index contributed by atoms with van der Waals surface area (Å²) in [6, 6.07) is 6.94. The molecular formula is C17H23N3O3S. The molecule has 0 radical (unpaired) electrons. The van der Waals surface area contributed by atoms with Gasteiger partial charge in [-0.3, -0.25) is 9.59 Å². The molecule has 0 unspecified atom stereocenters. The van der Waals surface area contributed by atoms with Crippen LogP contribution < -0.4 is 10.9 Å². The lowest BCUT2D eigenvalue weighted by Gasteiger charge is -2.21. The molecule has 24 heavy (non-hydrogen) atoms. The summed E-state index contributed by atoms with van der Waals surface area (Å²) in [6.45, 7) is 3.96. The van der Waals surface area contributed by atoms with Crippen LogP contribution in [0.4, 0.5) is 0 Å². The monoisotopic (exact) mass is 349 g/mol. The number of aliphatic hydroxyl groups excluding tert-OH is 1. The van der Waals surface area contributed by atoms with Crippen molar-refractivity contribution in [3.05, 3.63) is 40.4 Å². The average molecular weight is 349 g/mol. The maximum absolute atomic E-state index is 12.0. The first-order valence-electron chi connectivity index (χ1n) is 8.01. The molecular weight excluding hydrogens is 326 g/mol. The smallest absolute Gasteiger partial charge is 0.258 e. The van der Waals surface area contributed by atoms with Crippen LogP contribution in [-0.2, 0) is 10.5 Å². The van der Waals surface area contributed by atoms with E-state index in [1.54, 1.807) is 18.2 Å². The number of benzene rings is 1. The highest BCUT2D eigenvalue weighted by molar-refractivity contribution is 7.99. The zero-order valence-corrected chi connectivity index (χ0v) is 14.7. The number of aromatic nitrogens is 2. The Labute approximate surface area is 145 Å². The highest BCUT2D eigenvalue weighted by Crippen LogP contribution is 2.12. The minimum Gasteiger partial charge on any atom is -0.394 e. The lowest BCUT2D eigenvalue weighted by Crippen LogP contribution is -2.42. The van der Waals surface area contributed by atoms with Crippen LogP contribution in [0.1, 0.15) is 26.1 Å². The van der Waals surface area contributed by atoms with Crippen LogP contribution in [0, 0.1) is 5.92 Å². The molecule has 1 aromatic heterocycles. The fourth-order valence-corrected chi connectivity index (χ4v) is 3.05. The van der Waals surface area contributed by atoms with Gasteiger partial charge in [0.2, 0.25) is 5.91 Å². The zero-order valence-electron chi connectivity index (χ0n) is 13.9. The fraction of sp³-hybridized carbons (Fsp3) is 0.471. The van der Waals surface area contributed by atoms with Gasteiger partial charge >= 0.3 is 0 Å². The second-order valence-corrected chi connectivity index (χ2v) is 6.75. The van der Waals surface area contributed by atoms with E-state index >= 15 is 0 Å². The number of fused-ring (bicyclic) bond motifs is 1. The number of hydrogen-bond donors (Lipinski definition) is 3. The molecule has 3 N–H and O–H groups in total. The van der Waals surface area contributed by atoms with Gasteiger partial charge in [0.15, 0.2) is 0 Å². The molecule has 0 spiro atoms. The molecule has 0 aliphatic heterocycles. The molecule has 1 aromatic carbocycles. The molecule has 1 amide bonds. The summed E-state index contributed by atoms with van der Waals surface area (Å²) in [4.78, 5) is 31.1. The Bertz CT molecular complexity index is 747. The molecule has 6 nitrogen and oxygen atoms in total. The number of H-pyrrole nitrogens is 1. The number of amides is 1. The lowest BCUT2D eigenvalue weighted by molar-refractivity contribution is -0.119. The van der Waals surface area contributed by atoms with E-state index in [1.165, 1.54) is 11.8 Å². The number of nitrogens with one attached hydrogen (secondary N) is 2. The van der Waals surface area contributed by atoms with Crippen molar-refractivity contribution in [3.8, 4) is 0 Å². The molecule has 0 aliphatic carbocycles. The third-order valence-electron chi connectivity index (χ3n) is 4.01. The number of rotatable bonds is 8. The van der Waals surface area contributed by atoms with Gasteiger partial charge in [-0.15, -0.1) is 11.8 Å². The Morgan fingerprint density at radius 3 is 2.88 bits per heavy atom. The Balaban J connectivity index is 1.90. The van der Waals surface area contributed by atoms with Gasteiger partial charge < -0.3 is 15.4 Å². The van der Waals surface area contributed by atoms with E-state index in [0.29, 0.717) is 22.5 Å². The van der Waals surface area contributed by atoms with Crippen molar-refractivity contribution in [1.82, 2.24) is 15.3 Å². The average Bonchev–Trinajstić information content (AvgIpc) is 2.59. The number of aliphatic hydroxyl groups is 1. The number of para-hydroxylation sites is 1. The summed E-state index contributed by atoms with van der Waals surface area (Å²) in [7, 11) is 0. The molecule has 0 aliphatic rings. The van der Waals surface area contributed by atoms with Crippen molar-refractivity contribution >= 4 is 28.6 Å². The van der Waals surface area contributed by atoms with Crippen LogP contribution in [-0.4, -0.2) is 39.4 Å². The molecule has 0 fully saturated rings. The van der Waals surface area contributed by atoms with Crippen LogP contribution in [0.3, 0.4) is 0 Å². The fourth-order valence-electron chi connectivity index (χ4n) is 2.34. The number of hydrogen-bond acceptors (Lipinski definition) is 5. The number of aromatic amines is 1. The Morgan fingerprint density at radius 2 is 2.17 bits per heavy atom. The van der Waals surface area contributed by atoms with Gasteiger partial charge in [0.05, 0.1) is 35.1 Å². The zero-order chi connectivity index (χ0) is 17.5. The number of thioether (sulfide) groups is 1. The second kappa shape index (κ2) is 8.84. The van der Waals surface area contributed by atoms with E-state index in [1.807, 2.05) is 19.9 Å². The van der Waals surface area contributed by atoms with Crippen molar-refractivity contribution in [2.24, 2.45) is 5.92 Å². The molecule has 130 valence electrons. The number of carbonyl (C=O) groups excluding carboxylic acids is 1. The van der Waals surface area contributed by atoms with E-state index in [0.717, 1.165) is 6.42 Å². The largest absolute Gasteiger partial charge is 0.394 e. The normalized spacial score (nSPS) is 13.6. The summed E-state index contributed by atoms with van der Waals surface area (Å²) in [5, 5.41) is 12.7. The van der Waals surface area contributed by atoms with Crippen molar-refractivity contribution in [2.75, 3.05) is 12.4 Å². The maximum Gasteiger partial charge on any atom is 0.258 e. The summed E-state index contributed by atoms with van der Waals surface area (Å²) in [6.07, 6.45) is 0.890. The molecule has 2 aromatic rings. The van der Waals surface area contributed by atoms with Crippen LogP contribution in [0.25, 0.3) is 10.9 Å². The van der Waals surface area contributed by atoms with Gasteiger partial charge in [-0.1, -0.05) is 32.4 Å². The molecule has 2 rings (SSSR count). The van der Waals surface area contributed by atoms with Gasteiger partial charge in [-0.25, -0.2) is 4.98 Å². The topological polar surface area (TPSA) is 95.1 Å². The highest BCUT2D eigenvalue weighted by Gasteiger charge is 2.17. The summed E-state index contributed by atoms with van der Waals surface area (Å²) in [5.74, 6) is 1.35. The quantitative estimate of drug-likeness (QED) is 0.674. The second-order valence-electron chi connectivity index (χ2n) is 5.76. The summed E-state index contributed by atoms with van der Waals surface area (Å²) >= 11 is 1.38. The van der Waals surface area contributed by atoms with Crippen LogP contribution in [0.15, 0.2) is 29.1 Å². The van der Waals surface area contributed by atoms with Gasteiger partial charge in [0.1, 0.15) is 5.82 Å². The van der Waals surface area contributed by atoms with Crippen molar-refractivity contribution in [2.45, 2.75) is 32.1 Å². The standard InChI is InChI=1S/C17H23N3O3S/c1-3-11(2)14(8-21)19-16(22)10-24-9-15-18-13-7-5-4-6-12(13)17(23)20-15/h4-7,11,14,21H,3,8-10H2,1-2H3,(H,19,22)(H,18,20,23)/t11-,14+/m1/s1. The van der Waals surface area contributed by atoms with E-state index in [2.05, 4.69) is 15.3 Å². The van der Waals surface area contributed by atoms with E-state index in [4.69, 9.17) is 0 Å². The van der Waals surface area contributed by atoms with Crippen molar-refractivity contribution in [1.29, 1.82) is 0 Å². The predicted octanol–water partition coefficient (Wildman–Crippen LogP) is 1.68. The molecule has 7 heteroatoms. The van der Waals surface area contributed by atoms with E-state index < -0.39 is 0 Å². The van der Waals surface area contributed by atoms with Crippen molar-refractivity contribution in [3.63, 3.8) is 0 Å². The van der Waals surface area contributed by atoms with Gasteiger partial charge in [0.25, 0.3) is 5.56 Å². The predicted molar refractivity (Wildman–Crippen MR) is 97.0 cm³/mol. The van der Waals surface area contributed by atoms with Crippen LogP contribution in [0.5, 0.6) is 0 Å². The van der Waals surface area contributed by atoms with Gasteiger partial charge in [-0.2, -0.15) is 0 Å². The third kappa shape index (κ3) is 4.82. The molecule has 2 atom stereocenters. The lowest BCUT2D eigenvalue weighted by atomic mass is 10.00. The molecule has 0 saturated carbocycles. The Kier molecular flexibility index (Phi) is 6.81. The van der Waals surface area contributed by atoms with E-state index in [-0.39, 0.29) is 35.8 Å². The third-order valence-corrected chi connectivity index (χ3v) is 4.95. The van der Waals surface area contributed by atoms with Gasteiger partial charge in [0, 0.05) is 0 Å². The number of carbonyl (C=O) groups is 1. The molecule has 0 bridgehead atoms. The summed E-state index contributed by atoms with van der Waals surface area (Å²) in [5.41, 5.74) is 0.483. The van der Waals surface area contributed by atoms with Crippen LogP contribution in [0.2, 0.25) is 0 Å². The molecule has 1 heterocycles. The van der Waals surface area contributed by atoms with Gasteiger partial charge in [-0.05, 0) is 18.1 Å². The first kappa shape index (κ1) is 18.5. The molecule has 0 saturated heterocycles. The summed E-state index contributed by atoms with van der Waals surface area (Å²) < 4.78 is 0. The van der Waals surface area contributed by atoms with Crippen molar-refractivity contribution < 1.29 is 9.90 Å². The number of nitrogens with zero attached hydrogens (tertiary/aromatic N) is 1.